The van der Waals surface area contributed by atoms with Crippen molar-refractivity contribution in [3.05, 3.63) is 36.0 Å². The minimum absolute atomic E-state index is 0.104. The molecule has 0 spiro atoms. The highest BCUT2D eigenvalue weighted by atomic mass is 16.5. The van der Waals surface area contributed by atoms with Gasteiger partial charge in [0.25, 0.3) is 0 Å². The Morgan fingerprint density at radius 2 is 1.69 bits per heavy atom. The van der Waals surface area contributed by atoms with E-state index in [2.05, 4.69) is 29.8 Å². The third kappa shape index (κ3) is 8.08. The lowest BCUT2D eigenvalue weighted by Crippen LogP contribution is -2.62. The van der Waals surface area contributed by atoms with Crippen LogP contribution in [0, 0.1) is 17.8 Å². The summed E-state index contributed by atoms with van der Waals surface area (Å²) in [4.78, 5) is 42.1. The highest BCUT2D eigenvalue weighted by molar-refractivity contribution is 5.94. The first kappa shape index (κ1) is 29.4. The Morgan fingerprint density at radius 1 is 1.06 bits per heavy atom. The molecule has 2 aliphatic rings. The number of likely N-dealkylation sites (N-methyl/N-ethyl adjacent to an activating group) is 1. The van der Waals surface area contributed by atoms with E-state index >= 15 is 0 Å². The van der Waals surface area contributed by atoms with E-state index in [0.29, 0.717) is 24.5 Å². The average molecular weight is 501 g/mol. The van der Waals surface area contributed by atoms with E-state index in [1.54, 1.807) is 12.3 Å². The highest BCUT2D eigenvalue weighted by Crippen LogP contribution is 2.21. The molecular formula is C28H44N4O4. The van der Waals surface area contributed by atoms with Crippen molar-refractivity contribution in [3.8, 4) is 5.75 Å². The van der Waals surface area contributed by atoms with Crippen LogP contribution in [-0.2, 0) is 14.4 Å². The highest BCUT2D eigenvalue weighted by Gasteiger charge is 2.38. The Labute approximate surface area is 216 Å². The number of hydrogen-bond acceptors (Lipinski definition) is 5. The van der Waals surface area contributed by atoms with E-state index in [9.17, 15) is 14.4 Å². The molecule has 0 radical (unpaired) electrons. The fraction of sp³-hybridized carbons (Fsp3) is 0.607. The van der Waals surface area contributed by atoms with E-state index in [1.807, 2.05) is 71.0 Å². The van der Waals surface area contributed by atoms with E-state index in [0.717, 1.165) is 5.56 Å². The van der Waals surface area contributed by atoms with Crippen LogP contribution < -0.4 is 20.7 Å². The molecule has 5 atom stereocenters. The Bertz CT molecular complexity index is 911. The van der Waals surface area contributed by atoms with E-state index < -0.39 is 30.1 Å². The van der Waals surface area contributed by atoms with Crippen molar-refractivity contribution in [1.29, 1.82) is 0 Å². The molecule has 0 fully saturated rings. The molecule has 3 rings (SSSR count). The smallest absolute Gasteiger partial charge is 0.247 e. The van der Waals surface area contributed by atoms with Crippen LogP contribution in [0.2, 0.25) is 0 Å². The molecule has 200 valence electrons. The van der Waals surface area contributed by atoms with Gasteiger partial charge in [-0.3, -0.25) is 19.3 Å². The molecule has 3 amide bonds. The van der Waals surface area contributed by atoms with Gasteiger partial charge < -0.3 is 20.7 Å². The Morgan fingerprint density at radius 3 is 2.22 bits per heavy atom. The topological polar surface area (TPSA) is 99.8 Å². The van der Waals surface area contributed by atoms with Gasteiger partial charge in [-0.15, -0.1) is 0 Å². The maximum Gasteiger partial charge on any atom is 0.247 e. The van der Waals surface area contributed by atoms with Gasteiger partial charge in [-0.1, -0.05) is 60.1 Å². The van der Waals surface area contributed by atoms with Crippen molar-refractivity contribution in [2.24, 2.45) is 17.8 Å². The molecule has 8 heteroatoms. The lowest BCUT2D eigenvalue weighted by atomic mass is 9.94. The zero-order valence-electron chi connectivity index (χ0n) is 23.0. The lowest BCUT2D eigenvalue weighted by Gasteiger charge is -2.34. The summed E-state index contributed by atoms with van der Waals surface area (Å²) in [6.45, 7) is 11.9. The maximum absolute atomic E-state index is 13.8. The fourth-order valence-corrected chi connectivity index (χ4v) is 4.20. The van der Waals surface area contributed by atoms with Crippen molar-refractivity contribution in [2.75, 3.05) is 14.1 Å². The van der Waals surface area contributed by atoms with Crippen molar-refractivity contribution in [1.82, 2.24) is 20.9 Å². The number of carbonyl (C=O) groups is 3. The first-order valence-corrected chi connectivity index (χ1v) is 12.9. The molecule has 5 unspecified atom stereocenters. The molecule has 0 aliphatic carbocycles. The standard InChI is InChI=1S/C28H44N4O4/c1-9-19(6)23-27(34)29-15-14-20-10-12-21(13-11-20)36-25(18(4)5)24(28(35)30-23)31-26(33)22(32(7)8)16-17(2)3/h10-15,17-19,22-25H,9,16H2,1-8H3,(H,29,34)(H,30,35)(H,31,33)/b15-14-. The molecule has 2 aliphatic heterocycles. The quantitative estimate of drug-likeness (QED) is 0.509. The number of fused-ring (bicyclic) bond motifs is 10. The number of nitrogens with one attached hydrogen (secondary N) is 3. The van der Waals surface area contributed by atoms with Crippen molar-refractivity contribution < 1.29 is 19.1 Å². The minimum atomic E-state index is -0.996. The van der Waals surface area contributed by atoms with Crippen LogP contribution in [0.25, 0.3) is 6.08 Å². The SMILES string of the molecule is CCC(C)C1NC(=O)C(NC(=O)C(CC(C)C)N(C)C)C(C(C)C)Oc2ccc(cc2)/C=C\NC1=O. The molecule has 8 nitrogen and oxygen atoms in total. The maximum atomic E-state index is 13.8. The summed E-state index contributed by atoms with van der Waals surface area (Å²) in [7, 11) is 3.71. The Hall–Kier alpha value is -2.87. The molecule has 1 aromatic carbocycles. The first-order valence-electron chi connectivity index (χ1n) is 12.9. The van der Waals surface area contributed by atoms with Gasteiger partial charge >= 0.3 is 0 Å². The van der Waals surface area contributed by atoms with Crippen LogP contribution in [-0.4, -0.2) is 60.9 Å². The number of nitrogens with zero attached hydrogens (tertiary/aromatic N) is 1. The minimum Gasteiger partial charge on any atom is -0.487 e. The second-order valence-electron chi connectivity index (χ2n) is 10.7. The molecule has 36 heavy (non-hydrogen) atoms. The van der Waals surface area contributed by atoms with Gasteiger partial charge in [0.15, 0.2) is 0 Å². The molecule has 0 aromatic heterocycles. The van der Waals surface area contributed by atoms with Crippen LogP contribution in [0.3, 0.4) is 0 Å². The van der Waals surface area contributed by atoms with Crippen LogP contribution in [0.4, 0.5) is 0 Å². The molecular weight excluding hydrogens is 456 g/mol. The van der Waals surface area contributed by atoms with Crippen LogP contribution >= 0.6 is 0 Å². The third-order valence-electron chi connectivity index (χ3n) is 6.63. The number of hydrogen-bond donors (Lipinski definition) is 3. The monoisotopic (exact) mass is 500 g/mol. The van der Waals surface area contributed by atoms with Gasteiger partial charge in [0, 0.05) is 6.20 Å². The second kappa shape index (κ2) is 13.4. The van der Waals surface area contributed by atoms with Gasteiger partial charge in [-0.25, -0.2) is 0 Å². The summed E-state index contributed by atoms with van der Waals surface area (Å²) in [5.74, 6) is -0.312. The lowest BCUT2D eigenvalue weighted by molar-refractivity contribution is -0.136. The van der Waals surface area contributed by atoms with Gasteiger partial charge in [0.05, 0.1) is 6.04 Å². The number of rotatable bonds is 8. The van der Waals surface area contributed by atoms with E-state index in [1.165, 1.54) is 0 Å². The molecule has 0 saturated carbocycles. The second-order valence-corrected chi connectivity index (χ2v) is 10.7. The first-order chi connectivity index (χ1) is 16.9. The van der Waals surface area contributed by atoms with E-state index in [4.69, 9.17) is 4.74 Å². The summed E-state index contributed by atoms with van der Waals surface area (Å²) in [6, 6.07) is 5.24. The molecule has 2 bridgehead atoms. The van der Waals surface area contributed by atoms with Crippen LogP contribution in [0.1, 0.15) is 59.9 Å². The molecule has 3 N–H and O–H groups in total. The van der Waals surface area contributed by atoms with Crippen molar-refractivity contribution >= 4 is 23.8 Å². The molecule has 2 heterocycles. The zero-order valence-corrected chi connectivity index (χ0v) is 23.0. The third-order valence-corrected chi connectivity index (χ3v) is 6.63. The van der Waals surface area contributed by atoms with Crippen molar-refractivity contribution in [2.45, 2.75) is 78.6 Å². The average Bonchev–Trinajstić information content (AvgIpc) is 2.82. The predicted octanol–water partition coefficient (Wildman–Crippen LogP) is 3.18. The number of carbonyl (C=O) groups excluding carboxylic acids is 3. The van der Waals surface area contributed by atoms with Gasteiger partial charge in [0.1, 0.15) is 23.9 Å². The zero-order chi connectivity index (χ0) is 27.0. The number of ether oxygens (including phenoxy) is 1. The van der Waals surface area contributed by atoms with Crippen LogP contribution in [0.5, 0.6) is 5.75 Å². The number of benzene rings is 1. The largest absolute Gasteiger partial charge is 0.487 e. The summed E-state index contributed by atoms with van der Waals surface area (Å²) in [5, 5.41) is 8.70. The summed E-state index contributed by atoms with van der Waals surface area (Å²) < 4.78 is 6.31. The summed E-state index contributed by atoms with van der Waals surface area (Å²) in [5.41, 5.74) is 0.900. The molecule has 1 aromatic rings. The van der Waals surface area contributed by atoms with Crippen molar-refractivity contribution in [3.63, 3.8) is 0 Å². The van der Waals surface area contributed by atoms with Gasteiger partial charge in [-0.05, 0) is 62.0 Å². The normalized spacial score (nSPS) is 23.5. The predicted molar refractivity (Wildman–Crippen MR) is 143 cm³/mol. The fourth-order valence-electron chi connectivity index (χ4n) is 4.20. The Kier molecular flexibility index (Phi) is 11.0. The van der Waals surface area contributed by atoms with Gasteiger partial charge in [0.2, 0.25) is 17.7 Å². The van der Waals surface area contributed by atoms with Gasteiger partial charge in [-0.2, -0.15) is 0 Å². The summed E-state index contributed by atoms with van der Waals surface area (Å²) >= 11 is 0. The number of amides is 3. The summed E-state index contributed by atoms with van der Waals surface area (Å²) in [6.07, 6.45) is 4.06. The van der Waals surface area contributed by atoms with E-state index in [-0.39, 0.29) is 23.7 Å². The Balaban J connectivity index is 2.52. The van der Waals surface area contributed by atoms with Crippen LogP contribution in [0.15, 0.2) is 30.5 Å². The molecule has 0 saturated heterocycles.